The molecule has 2 unspecified atom stereocenters. The van der Waals surface area contributed by atoms with E-state index in [0.29, 0.717) is 0 Å². The van der Waals surface area contributed by atoms with Crippen LogP contribution in [0.25, 0.3) is 0 Å². The van der Waals surface area contributed by atoms with Gasteiger partial charge in [0.05, 0.1) is 0 Å². The van der Waals surface area contributed by atoms with E-state index in [4.69, 9.17) is 11.1 Å². The van der Waals surface area contributed by atoms with Gasteiger partial charge in [0.2, 0.25) is 0 Å². The monoisotopic (exact) mass is 152 g/mol. The normalized spacial score (nSPS) is 35.6. The summed E-state index contributed by atoms with van der Waals surface area (Å²) in [5, 5.41) is 16.9. The van der Waals surface area contributed by atoms with Crippen molar-refractivity contribution in [1.29, 1.82) is 5.41 Å². The molecular weight excluding hydrogens is 140 g/mol. The molecule has 0 aromatic carbocycles. The highest BCUT2D eigenvalue weighted by Gasteiger charge is 2.33. The van der Waals surface area contributed by atoms with Crippen LogP contribution in [0.3, 0.4) is 0 Å². The van der Waals surface area contributed by atoms with Gasteiger partial charge in [0, 0.05) is 5.92 Å². The highest BCUT2D eigenvalue weighted by Crippen LogP contribution is 2.23. The number of hydrogen-bond donors (Lipinski definition) is 3. The number of nitrogens with two attached hydrogens (primary N) is 1. The molecule has 0 aromatic rings. The molecule has 11 heavy (non-hydrogen) atoms. The molecular formula is C8H12N2O. The Bertz CT molecular complexity index is 232. The van der Waals surface area contributed by atoms with Crippen molar-refractivity contribution >= 4 is 5.84 Å². The van der Waals surface area contributed by atoms with Crippen molar-refractivity contribution in [3.63, 3.8) is 0 Å². The Morgan fingerprint density at radius 3 is 2.64 bits per heavy atom. The maximum atomic E-state index is 9.73. The van der Waals surface area contributed by atoms with E-state index in [1.807, 2.05) is 19.1 Å². The molecule has 1 aliphatic carbocycles. The summed E-state index contributed by atoms with van der Waals surface area (Å²) in [5.41, 5.74) is 3.97. The minimum Gasteiger partial charge on any atom is -0.385 e. The summed E-state index contributed by atoms with van der Waals surface area (Å²) in [4.78, 5) is 0. The quantitative estimate of drug-likeness (QED) is 0.376. The van der Waals surface area contributed by atoms with Crippen LogP contribution in [0, 0.1) is 11.3 Å². The van der Waals surface area contributed by atoms with Crippen LogP contribution in [0.2, 0.25) is 0 Å². The van der Waals surface area contributed by atoms with Crippen LogP contribution in [0.5, 0.6) is 0 Å². The maximum Gasteiger partial charge on any atom is 0.145 e. The number of hydrogen-bond acceptors (Lipinski definition) is 2. The van der Waals surface area contributed by atoms with E-state index in [1.54, 1.807) is 12.2 Å². The summed E-state index contributed by atoms with van der Waals surface area (Å²) >= 11 is 0. The predicted octanol–water partition coefficient (Wildman–Crippen LogP) is 0.416. The van der Waals surface area contributed by atoms with Gasteiger partial charge >= 0.3 is 0 Å². The molecule has 60 valence electrons. The van der Waals surface area contributed by atoms with Crippen LogP contribution in [0.4, 0.5) is 0 Å². The molecule has 0 saturated carbocycles. The first-order chi connectivity index (χ1) is 5.07. The Morgan fingerprint density at radius 1 is 1.64 bits per heavy atom. The topological polar surface area (TPSA) is 70.1 Å². The SMILES string of the molecule is CC1C=CC=CC1(O)C(=N)N. The van der Waals surface area contributed by atoms with Crippen LogP contribution < -0.4 is 5.73 Å². The molecule has 2 atom stereocenters. The number of nitrogens with one attached hydrogen (secondary N) is 1. The van der Waals surface area contributed by atoms with Gasteiger partial charge in [0.1, 0.15) is 11.4 Å². The fourth-order valence-electron chi connectivity index (χ4n) is 1.07. The van der Waals surface area contributed by atoms with Crippen molar-refractivity contribution in [3.05, 3.63) is 24.3 Å². The van der Waals surface area contributed by atoms with Crippen molar-refractivity contribution in [2.45, 2.75) is 12.5 Å². The van der Waals surface area contributed by atoms with Crippen molar-refractivity contribution in [1.82, 2.24) is 0 Å². The Labute approximate surface area is 65.7 Å². The first-order valence-corrected chi connectivity index (χ1v) is 3.50. The van der Waals surface area contributed by atoms with Crippen LogP contribution in [-0.4, -0.2) is 16.5 Å². The van der Waals surface area contributed by atoms with Gasteiger partial charge in [-0.05, 0) is 6.08 Å². The van der Waals surface area contributed by atoms with Gasteiger partial charge in [-0.2, -0.15) is 0 Å². The number of aliphatic hydroxyl groups is 1. The Balaban J connectivity index is 2.94. The molecule has 1 rings (SSSR count). The average Bonchev–Trinajstić information content (AvgIpc) is 1.95. The van der Waals surface area contributed by atoms with Crippen molar-refractivity contribution < 1.29 is 5.11 Å². The second-order valence-electron chi connectivity index (χ2n) is 2.77. The van der Waals surface area contributed by atoms with Crippen molar-refractivity contribution in [2.24, 2.45) is 11.7 Å². The average molecular weight is 152 g/mol. The summed E-state index contributed by atoms with van der Waals surface area (Å²) in [6.07, 6.45) is 6.89. The second kappa shape index (κ2) is 2.51. The smallest absolute Gasteiger partial charge is 0.145 e. The van der Waals surface area contributed by atoms with Gasteiger partial charge in [0.15, 0.2) is 0 Å². The van der Waals surface area contributed by atoms with Crippen LogP contribution in [0.1, 0.15) is 6.92 Å². The lowest BCUT2D eigenvalue weighted by molar-refractivity contribution is 0.121. The molecule has 3 heteroatoms. The lowest BCUT2D eigenvalue weighted by Crippen LogP contribution is -2.47. The summed E-state index contributed by atoms with van der Waals surface area (Å²) in [6, 6.07) is 0. The van der Waals surface area contributed by atoms with Crippen molar-refractivity contribution in [3.8, 4) is 0 Å². The molecule has 0 bridgehead atoms. The molecule has 0 fully saturated rings. The third kappa shape index (κ3) is 1.19. The molecule has 3 nitrogen and oxygen atoms in total. The molecule has 0 heterocycles. The zero-order valence-corrected chi connectivity index (χ0v) is 6.41. The number of allylic oxidation sites excluding steroid dienone is 2. The molecule has 1 aliphatic rings. The van der Waals surface area contributed by atoms with E-state index in [2.05, 4.69) is 0 Å². The van der Waals surface area contributed by atoms with Crippen LogP contribution >= 0.6 is 0 Å². The molecule has 0 radical (unpaired) electrons. The lowest BCUT2D eigenvalue weighted by Gasteiger charge is -2.29. The van der Waals surface area contributed by atoms with Gasteiger partial charge in [-0.15, -0.1) is 0 Å². The molecule has 0 saturated heterocycles. The predicted molar refractivity (Wildman–Crippen MR) is 44.3 cm³/mol. The molecule has 0 spiro atoms. The van der Waals surface area contributed by atoms with Crippen LogP contribution in [-0.2, 0) is 0 Å². The van der Waals surface area contributed by atoms with E-state index < -0.39 is 5.60 Å². The molecule has 0 aromatic heterocycles. The Kier molecular flexibility index (Phi) is 1.83. The highest BCUT2D eigenvalue weighted by molar-refractivity contribution is 5.89. The van der Waals surface area contributed by atoms with E-state index in [1.165, 1.54) is 0 Å². The first kappa shape index (κ1) is 8.01. The third-order valence-electron chi connectivity index (χ3n) is 1.99. The molecule has 4 N–H and O–H groups in total. The largest absolute Gasteiger partial charge is 0.385 e. The van der Waals surface area contributed by atoms with E-state index in [9.17, 15) is 5.11 Å². The van der Waals surface area contributed by atoms with E-state index >= 15 is 0 Å². The van der Waals surface area contributed by atoms with Crippen molar-refractivity contribution in [2.75, 3.05) is 0 Å². The molecule has 0 aliphatic heterocycles. The Hall–Kier alpha value is -1.09. The minimum atomic E-state index is -1.27. The van der Waals surface area contributed by atoms with Gasteiger partial charge in [-0.25, -0.2) is 0 Å². The standard InChI is InChI=1S/C8H12N2O/c1-6-4-2-3-5-8(6,11)7(9)10/h2-6,11H,1H3,(H3,9,10). The zero-order chi connectivity index (χ0) is 8.48. The fraction of sp³-hybridized carbons (Fsp3) is 0.375. The summed E-state index contributed by atoms with van der Waals surface area (Å²) in [6.45, 7) is 1.82. The summed E-state index contributed by atoms with van der Waals surface area (Å²) in [7, 11) is 0. The third-order valence-corrected chi connectivity index (χ3v) is 1.99. The lowest BCUT2D eigenvalue weighted by atomic mass is 9.84. The fourth-order valence-corrected chi connectivity index (χ4v) is 1.07. The minimum absolute atomic E-state index is 0.120. The second-order valence-corrected chi connectivity index (χ2v) is 2.77. The first-order valence-electron chi connectivity index (χ1n) is 3.50. The zero-order valence-electron chi connectivity index (χ0n) is 6.41. The van der Waals surface area contributed by atoms with E-state index in [0.717, 1.165) is 0 Å². The van der Waals surface area contributed by atoms with Crippen LogP contribution in [0.15, 0.2) is 24.3 Å². The summed E-state index contributed by atoms with van der Waals surface area (Å²) < 4.78 is 0. The van der Waals surface area contributed by atoms with Gasteiger partial charge in [-0.3, -0.25) is 5.41 Å². The Morgan fingerprint density at radius 2 is 2.27 bits per heavy atom. The number of rotatable bonds is 1. The highest BCUT2D eigenvalue weighted by atomic mass is 16.3. The van der Waals surface area contributed by atoms with E-state index in [-0.39, 0.29) is 11.8 Å². The summed E-state index contributed by atoms with van der Waals surface area (Å²) in [5.74, 6) is -0.324. The molecule has 0 amide bonds. The maximum absolute atomic E-state index is 9.73. The number of amidine groups is 1. The van der Waals surface area contributed by atoms with Gasteiger partial charge in [0.25, 0.3) is 0 Å². The van der Waals surface area contributed by atoms with Gasteiger partial charge in [-0.1, -0.05) is 25.2 Å². The van der Waals surface area contributed by atoms with Gasteiger partial charge < -0.3 is 10.8 Å².